The van der Waals surface area contributed by atoms with Gasteiger partial charge in [-0.15, -0.1) is 10.2 Å². The summed E-state index contributed by atoms with van der Waals surface area (Å²) >= 11 is 7.46. The number of thioether (sulfide) groups is 1. The standard InChI is InChI=1S/C23H20ClN5OS/c1-15-9-10-16(2)20(12-15)29-22(17-6-5-11-25-13-17)27-28-23(29)31-14-21(30)26-19-8-4-3-7-18(19)24/h3-13H,14H2,1-2H3,(H,26,30). The van der Waals surface area contributed by atoms with Crippen molar-refractivity contribution in [3.8, 4) is 17.1 Å². The number of para-hydroxylation sites is 1. The lowest BCUT2D eigenvalue weighted by molar-refractivity contribution is -0.113. The highest BCUT2D eigenvalue weighted by atomic mass is 35.5. The van der Waals surface area contributed by atoms with Crippen LogP contribution in [0.2, 0.25) is 5.02 Å². The Morgan fingerprint density at radius 3 is 2.71 bits per heavy atom. The maximum atomic E-state index is 12.5. The Morgan fingerprint density at radius 1 is 1.10 bits per heavy atom. The van der Waals surface area contributed by atoms with Crippen LogP contribution in [0.4, 0.5) is 5.69 Å². The molecular weight excluding hydrogens is 430 g/mol. The van der Waals surface area contributed by atoms with Crippen LogP contribution >= 0.6 is 23.4 Å². The minimum Gasteiger partial charge on any atom is -0.324 e. The number of aryl methyl sites for hydroxylation is 2. The maximum Gasteiger partial charge on any atom is 0.234 e. The Labute approximate surface area is 189 Å². The average molecular weight is 450 g/mol. The average Bonchev–Trinajstić information content (AvgIpc) is 3.20. The van der Waals surface area contributed by atoms with Crippen LogP contribution in [0.15, 0.2) is 72.1 Å². The van der Waals surface area contributed by atoms with Crippen molar-refractivity contribution >= 4 is 35.0 Å². The summed E-state index contributed by atoms with van der Waals surface area (Å²) < 4.78 is 1.98. The molecule has 4 rings (SSSR count). The quantitative estimate of drug-likeness (QED) is 0.403. The highest BCUT2D eigenvalue weighted by molar-refractivity contribution is 7.99. The highest BCUT2D eigenvalue weighted by Gasteiger charge is 2.19. The number of halogens is 1. The van der Waals surface area contributed by atoms with Crippen molar-refractivity contribution in [1.82, 2.24) is 19.7 Å². The molecule has 6 nitrogen and oxygen atoms in total. The van der Waals surface area contributed by atoms with Crippen LogP contribution in [0.5, 0.6) is 0 Å². The van der Waals surface area contributed by atoms with E-state index in [2.05, 4.69) is 38.7 Å². The normalized spacial score (nSPS) is 10.8. The molecule has 0 spiro atoms. The molecule has 0 radical (unpaired) electrons. The zero-order chi connectivity index (χ0) is 21.8. The molecule has 2 heterocycles. The minimum atomic E-state index is -0.170. The number of aromatic nitrogens is 4. The molecule has 0 aliphatic rings. The lowest BCUT2D eigenvalue weighted by Gasteiger charge is -2.14. The molecule has 0 aliphatic heterocycles. The van der Waals surface area contributed by atoms with Crippen molar-refractivity contribution in [3.63, 3.8) is 0 Å². The molecular formula is C23H20ClN5OS. The molecule has 8 heteroatoms. The molecule has 2 aromatic carbocycles. The van der Waals surface area contributed by atoms with Crippen molar-refractivity contribution in [3.05, 3.63) is 83.1 Å². The summed E-state index contributed by atoms with van der Waals surface area (Å²) in [5.41, 5.74) is 4.61. The van der Waals surface area contributed by atoms with Crippen LogP contribution in [0.25, 0.3) is 17.1 Å². The molecule has 31 heavy (non-hydrogen) atoms. The second kappa shape index (κ2) is 9.32. The smallest absolute Gasteiger partial charge is 0.234 e. The zero-order valence-electron chi connectivity index (χ0n) is 17.0. The molecule has 0 saturated carbocycles. The number of benzene rings is 2. The Hall–Kier alpha value is -3.16. The summed E-state index contributed by atoms with van der Waals surface area (Å²) in [5.74, 6) is 0.675. The van der Waals surface area contributed by atoms with E-state index in [1.54, 1.807) is 24.5 Å². The number of pyridine rings is 1. The summed E-state index contributed by atoms with van der Waals surface area (Å²) in [7, 11) is 0. The van der Waals surface area contributed by atoms with Crippen LogP contribution in [0.3, 0.4) is 0 Å². The van der Waals surface area contributed by atoms with Gasteiger partial charge in [-0.1, -0.05) is 47.6 Å². The van der Waals surface area contributed by atoms with Gasteiger partial charge in [-0.25, -0.2) is 0 Å². The SMILES string of the molecule is Cc1ccc(C)c(-n2c(SCC(=O)Nc3ccccc3Cl)nnc2-c2cccnc2)c1. The molecule has 0 atom stereocenters. The molecule has 0 unspecified atom stereocenters. The van der Waals surface area contributed by atoms with Gasteiger partial charge in [0.05, 0.1) is 22.2 Å². The van der Waals surface area contributed by atoms with Gasteiger partial charge in [0.2, 0.25) is 5.91 Å². The second-order valence-corrected chi connectivity index (χ2v) is 8.34. The van der Waals surface area contributed by atoms with E-state index < -0.39 is 0 Å². The van der Waals surface area contributed by atoms with Crippen molar-refractivity contribution in [2.75, 3.05) is 11.1 Å². The van der Waals surface area contributed by atoms with E-state index in [4.69, 9.17) is 11.6 Å². The Bertz CT molecular complexity index is 1230. The number of rotatable bonds is 6. The van der Waals surface area contributed by atoms with Crippen LogP contribution in [-0.2, 0) is 4.79 Å². The van der Waals surface area contributed by atoms with Gasteiger partial charge in [-0.05, 0) is 55.3 Å². The number of hydrogen-bond acceptors (Lipinski definition) is 5. The molecule has 0 saturated heterocycles. The van der Waals surface area contributed by atoms with Crippen LogP contribution in [0, 0.1) is 13.8 Å². The summed E-state index contributed by atoms with van der Waals surface area (Å²) in [4.78, 5) is 16.7. The fraction of sp³-hybridized carbons (Fsp3) is 0.130. The first kappa shape index (κ1) is 21.1. The minimum absolute atomic E-state index is 0.168. The predicted octanol–water partition coefficient (Wildman–Crippen LogP) is 5.33. The number of amides is 1. The molecule has 0 bridgehead atoms. The third kappa shape index (κ3) is 4.78. The summed E-state index contributed by atoms with van der Waals surface area (Å²) in [6, 6.07) is 17.2. The van der Waals surface area contributed by atoms with Gasteiger partial charge < -0.3 is 5.32 Å². The summed E-state index contributed by atoms with van der Waals surface area (Å²) in [5, 5.41) is 12.8. The van der Waals surface area contributed by atoms with E-state index >= 15 is 0 Å². The van der Waals surface area contributed by atoms with Gasteiger partial charge in [-0.3, -0.25) is 14.3 Å². The largest absolute Gasteiger partial charge is 0.324 e. The lowest BCUT2D eigenvalue weighted by Crippen LogP contribution is -2.15. The van der Waals surface area contributed by atoms with Crippen molar-refractivity contribution in [2.45, 2.75) is 19.0 Å². The zero-order valence-corrected chi connectivity index (χ0v) is 18.6. The Balaban J connectivity index is 1.65. The van der Waals surface area contributed by atoms with E-state index in [1.165, 1.54) is 11.8 Å². The number of carbonyl (C=O) groups is 1. The van der Waals surface area contributed by atoms with Gasteiger partial charge >= 0.3 is 0 Å². The molecule has 1 N–H and O–H groups in total. The third-order valence-electron chi connectivity index (χ3n) is 4.64. The van der Waals surface area contributed by atoms with E-state index in [9.17, 15) is 4.79 Å². The maximum absolute atomic E-state index is 12.5. The summed E-state index contributed by atoms with van der Waals surface area (Å²) in [6.07, 6.45) is 3.47. The molecule has 0 aliphatic carbocycles. The van der Waals surface area contributed by atoms with E-state index in [1.807, 2.05) is 42.7 Å². The van der Waals surface area contributed by atoms with Gasteiger partial charge in [0.1, 0.15) is 0 Å². The first-order chi connectivity index (χ1) is 15.0. The summed E-state index contributed by atoms with van der Waals surface area (Å²) in [6.45, 7) is 4.08. The van der Waals surface area contributed by atoms with Crippen molar-refractivity contribution < 1.29 is 4.79 Å². The Morgan fingerprint density at radius 2 is 1.94 bits per heavy atom. The van der Waals surface area contributed by atoms with Gasteiger partial charge in [0.15, 0.2) is 11.0 Å². The molecule has 4 aromatic rings. The second-order valence-electron chi connectivity index (χ2n) is 6.99. The van der Waals surface area contributed by atoms with E-state index in [-0.39, 0.29) is 11.7 Å². The van der Waals surface area contributed by atoms with Crippen LogP contribution in [-0.4, -0.2) is 31.4 Å². The van der Waals surface area contributed by atoms with Crippen molar-refractivity contribution in [2.24, 2.45) is 0 Å². The molecule has 0 fully saturated rings. The monoisotopic (exact) mass is 449 g/mol. The Kier molecular flexibility index (Phi) is 6.34. The van der Waals surface area contributed by atoms with Gasteiger partial charge in [-0.2, -0.15) is 0 Å². The fourth-order valence-corrected chi connectivity index (χ4v) is 4.03. The van der Waals surface area contributed by atoms with Crippen LogP contribution in [0.1, 0.15) is 11.1 Å². The van der Waals surface area contributed by atoms with Gasteiger partial charge in [0.25, 0.3) is 0 Å². The number of nitrogens with zero attached hydrogens (tertiary/aromatic N) is 4. The number of nitrogens with one attached hydrogen (secondary N) is 1. The lowest BCUT2D eigenvalue weighted by atomic mass is 10.1. The van der Waals surface area contributed by atoms with Crippen molar-refractivity contribution in [1.29, 1.82) is 0 Å². The highest BCUT2D eigenvalue weighted by Crippen LogP contribution is 2.30. The van der Waals surface area contributed by atoms with E-state index in [0.717, 1.165) is 22.4 Å². The number of carbonyl (C=O) groups excluding carboxylic acids is 1. The van der Waals surface area contributed by atoms with Gasteiger partial charge in [0, 0.05) is 18.0 Å². The third-order valence-corrected chi connectivity index (χ3v) is 5.90. The number of hydrogen-bond donors (Lipinski definition) is 1. The fourth-order valence-electron chi connectivity index (χ4n) is 3.10. The number of anilines is 1. The molecule has 156 valence electrons. The topological polar surface area (TPSA) is 72.7 Å². The van der Waals surface area contributed by atoms with Crippen LogP contribution < -0.4 is 5.32 Å². The first-order valence-corrected chi connectivity index (χ1v) is 11.0. The first-order valence-electron chi connectivity index (χ1n) is 9.63. The molecule has 2 aromatic heterocycles. The van der Waals surface area contributed by atoms with E-state index in [0.29, 0.717) is 21.7 Å². The molecule has 1 amide bonds. The predicted molar refractivity (Wildman–Crippen MR) is 125 cm³/mol.